The number of rotatable bonds is 3. The minimum atomic E-state index is -0.514. The van der Waals surface area contributed by atoms with E-state index in [1.54, 1.807) is 34.0 Å². The number of carbonyl (C=O) groups excluding carboxylic acids is 1. The molecule has 7 nitrogen and oxygen atoms in total. The Hall–Kier alpha value is -3.78. The smallest absolute Gasteiger partial charge is 0.318 e. The van der Waals surface area contributed by atoms with E-state index in [0.717, 1.165) is 39.0 Å². The van der Waals surface area contributed by atoms with Gasteiger partial charge in [-0.15, -0.1) is 0 Å². The van der Waals surface area contributed by atoms with Gasteiger partial charge in [-0.2, -0.15) is 10.2 Å². The minimum absolute atomic E-state index is 0.285. The van der Waals surface area contributed by atoms with Crippen LogP contribution in [0.3, 0.4) is 0 Å². The third-order valence-electron chi connectivity index (χ3n) is 5.84. The van der Waals surface area contributed by atoms with E-state index in [0.29, 0.717) is 23.7 Å². The van der Waals surface area contributed by atoms with Gasteiger partial charge in [-0.05, 0) is 60.9 Å². The van der Waals surface area contributed by atoms with Gasteiger partial charge in [0, 0.05) is 43.0 Å². The lowest BCUT2D eigenvalue weighted by Gasteiger charge is -2.24. The Labute approximate surface area is 184 Å². The van der Waals surface area contributed by atoms with Crippen LogP contribution in [0.1, 0.15) is 16.8 Å². The second kappa shape index (κ2) is 7.72. The number of pyridine rings is 1. The van der Waals surface area contributed by atoms with Crippen LogP contribution < -0.4 is 5.06 Å². The van der Waals surface area contributed by atoms with Crippen LogP contribution in [0.25, 0.3) is 22.2 Å². The Bertz CT molecular complexity index is 1330. The number of benzene rings is 2. The maximum absolute atomic E-state index is 13.2. The van der Waals surface area contributed by atoms with Crippen molar-refractivity contribution in [3.8, 4) is 11.3 Å². The zero-order valence-corrected chi connectivity index (χ0v) is 17.8. The first kappa shape index (κ1) is 20.1. The maximum atomic E-state index is 13.2. The fourth-order valence-electron chi connectivity index (χ4n) is 4.19. The van der Waals surface area contributed by atoms with Gasteiger partial charge in [-0.25, -0.2) is 9.18 Å². The van der Waals surface area contributed by atoms with Crippen molar-refractivity contribution in [2.24, 2.45) is 7.05 Å². The third kappa shape index (κ3) is 3.48. The monoisotopic (exact) mass is 431 g/mol. The number of fused-ring (bicyclic) bond motifs is 2. The summed E-state index contributed by atoms with van der Waals surface area (Å²) in [6.07, 6.45) is 2.33. The Morgan fingerprint density at radius 2 is 1.91 bits per heavy atom. The van der Waals surface area contributed by atoms with E-state index in [1.807, 2.05) is 32.2 Å². The van der Waals surface area contributed by atoms with Crippen molar-refractivity contribution in [1.29, 1.82) is 0 Å². The minimum Gasteiger partial charge on any atom is -0.318 e. The predicted octanol–water partition coefficient (Wildman–Crippen LogP) is 4.46. The molecule has 1 aliphatic heterocycles. The predicted molar refractivity (Wildman–Crippen MR) is 119 cm³/mol. The van der Waals surface area contributed by atoms with E-state index in [1.165, 1.54) is 12.1 Å². The first-order chi connectivity index (χ1) is 15.4. The van der Waals surface area contributed by atoms with Gasteiger partial charge in [0.15, 0.2) is 0 Å². The first-order valence-corrected chi connectivity index (χ1v) is 10.4. The molecule has 0 unspecified atom stereocenters. The molecule has 8 heteroatoms. The van der Waals surface area contributed by atoms with Crippen LogP contribution in [0.15, 0.2) is 54.7 Å². The van der Waals surface area contributed by atoms with Gasteiger partial charge in [-0.3, -0.25) is 14.9 Å². The highest BCUT2D eigenvalue weighted by molar-refractivity contribution is 5.99. The molecular weight excluding hydrogens is 409 g/mol. The number of nitrogens with zero attached hydrogens (tertiary/aromatic N) is 5. The Balaban J connectivity index is 1.53. The Morgan fingerprint density at radius 1 is 1.12 bits per heavy atom. The summed E-state index contributed by atoms with van der Waals surface area (Å²) in [5.41, 5.74) is 5.61. The number of carbonyl (C=O) groups is 1. The normalized spacial score (nSPS) is 14.1. The zero-order valence-electron chi connectivity index (χ0n) is 17.8. The Morgan fingerprint density at radius 3 is 2.66 bits per heavy atom. The lowest BCUT2D eigenvalue weighted by Crippen LogP contribution is -2.40. The van der Waals surface area contributed by atoms with Gasteiger partial charge in [0.1, 0.15) is 11.5 Å². The number of hydrogen-bond donors (Lipinski definition) is 1. The SMILES string of the molecule is Cc1cc(-c2nn(C)c3cc4c(cc23)CCN(Cc2ccc(F)cc2)C(=O)N4O)ccn1. The largest absolute Gasteiger partial charge is 0.348 e. The van der Waals surface area contributed by atoms with Crippen molar-refractivity contribution in [2.45, 2.75) is 19.9 Å². The van der Waals surface area contributed by atoms with Crippen LogP contribution in [0, 0.1) is 12.7 Å². The molecule has 162 valence electrons. The number of aromatic nitrogens is 3. The number of anilines is 1. The molecule has 0 aliphatic carbocycles. The fourth-order valence-corrected chi connectivity index (χ4v) is 4.19. The molecule has 32 heavy (non-hydrogen) atoms. The number of amides is 2. The molecule has 0 radical (unpaired) electrons. The van der Waals surface area contributed by atoms with Crippen molar-refractivity contribution < 1.29 is 14.4 Å². The van der Waals surface area contributed by atoms with Crippen molar-refractivity contribution in [1.82, 2.24) is 19.7 Å². The summed E-state index contributed by atoms with van der Waals surface area (Å²) in [7, 11) is 1.84. The van der Waals surface area contributed by atoms with Gasteiger partial charge in [0.2, 0.25) is 0 Å². The zero-order chi connectivity index (χ0) is 22.4. The molecule has 0 saturated carbocycles. The molecule has 1 N–H and O–H groups in total. The van der Waals surface area contributed by atoms with Crippen LogP contribution in [0.4, 0.5) is 14.9 Å². The molecule has 4 aromatic rings. The highest BCUT2D eigenvalue weighted by Gasteiger charge is 2.28. The van der Waals surface area contributed by atoms with Gasteiger partial charge < -0.3 is 4.90 Å². The molecule has 3 heterocycles. The van der Waals surface area contributed by atoms with Crippen LogP contribution in [-0.2, 0) is 20.0 Å². The van der Waals surface area contributed by atoms with E-state index in [-0.39, 0.29) is 12.4 Å². The van der Waals surface area contributed by atoms with Gasteiger partial charge in [-0.1, -0.05) is 12.1 Å². The van der Waals surface area contributed by atoms with Gasteiger partial charge in [0.05, 0.1) is 11.2 Å². The van der Waals surface area contributed by atoms with E-state index in [2.05, 4.69) is 10.1 Å². The number of urea groups is 1. The molecule has 2 aromatic carbocycles. The van der Waals surface area contributed by atoms with Crippen LogP contribution in [0.2, 0.25) is 0 Å². The number of aryl methyl sites for hydroxylation is 2. The third-order valence-corrected chi connectivity index (χ3v) is 5.84. The number of halogens is 1. The first-order valence-electron chi connectivity index (χ1n) is 10.4. The average Bonchev–Trinajstić information content (AvgIpc) is 3.06. The van der Waals surface area contributed by atoms with Crippen molar-refractivity contribution in [3.63, 3.8) is 0 Å². The average molecular weight is 431 g/mol. The van der Waals surface area contributed by atoms with Crippen molar-refractivity contribution in [2.75, 3.05) is 11.6 Å². The van der Waals surface area contributed by atoms with Crippen molar-refractivity contribution >= 4 is 22.6 Å². The summed E-state index contributed by atoms with van der Waals surface area (Å²) in [5, 5.41) is 17.1. The standard InChI is InChI=1S/C24H22FN5O2/c1-15-11-18(7-9-26-15)23-20-12-17-8-10-29(14-16-3-5-19(25)6-4-16)24(31)30(32)21(17)13-22(20)28(2)27-23/h3-7,9,11-13,32H,8,10,14H2,1-2H3. The van der Waals surface area contributed by atoms with Gasteiger partial charge >= 0.3 is 6.03 Å². The molecule has 0 bridgehead atoms. The molecule has 0 saturated heterocycles. The Kier molecular flexibility index (Phi) is 4.86. The summed E-state index contributed by atoms with van der Waals surface area (Å²) < 4.78 is 15.0. The molecule has 2 aromatic heterocycles. The highest BCUT2D eigenvalue weighted by atomic mass is 19.1. The maximum Gasteiger partial charge on any atom is 0.348 e. The molecule has 0 spiro atoms. The van der Waals surface area contributed by atoms with Gasteiger partial charge in [0.25, 0.3) is 0 Å². The van der Waals surface area contributed by atoms with E-state index in [9.17, 15) is 14.4 Å². The molecule has 2 amide bonds. The molecule has 0 fully saturated rings. The molecular formula is C24H22FN5O2. The lowest BCUT2D eigenvalue weighted by molar-refractivity contribution is 0.167. The van der Waals surface area contributed by atoms with Crippen LogP contribution in [0.5, 0.6) is 0 Å². The summed E-state index contributed by atoms with van der Waals surface area (Å²) in [4.78, 5) is 18.8. The van der Waals surface area contributed by atoms with Crippen LogP contribution >= 0.6 is 0 Å². The lowest BCUT2D eigenvalue weighted by atomic mass is 10.0. The molecule has 0 atom stereocenters. The highest BCUT2D eigenvalue weighted by Crippen LogP contribution is 2.35. The number of hydrogen-bond acceptors (Lipinski definition) is 4. The van der Waals surface area contributed by atoms with E-state index >= 15 is 0 Å². The summed E-state index contributed by atoms with van der Waals surface area (Å²) >= 11 is 0. The summed E-state index contributed by atoms with van der Waals surface area (Å²) in [5.74, 6) is -0.326. The second-order valence-corrected chi connectivity index (χ2v) is 8.05. The van der Waals surface area contributed by atoms with Crippen molar-refractivity contribution in [3.05, 3.63) is 77.4 Å². The van der Waals surface area contributed by atoms with E-state index in [4.69, 9.17) is 0 Å². The van der Waals surface area contributed by atoms with Crippen LogP contribution in [-0.4, -0.2) is 37.4 Å². The summed E-state index contributed by atoms with van der Waals surface area (Å²) in [6.45, 7) is 2.65. The second-order valence-electron chi connectivity index (χ2n) is 8.05. The molecule has 1 aliphatic rings. The molecule has 5 rings (SSSR count). The number of hydroxylamine groups is 1. The quantitative estimate of drug-likeness (QED) is 0.486. The fraction of sp³-hybridized carbons (Fsp3) is 0.208. The van der Waals surface area contributed by atoms with E-state index < -0.39 is 6.03 Å². The summed E-state index contributed by atoms with van der Waals surface area (Å²) in [6, 6.07) is 13.2. The topological polar surface area (TPSA) is 74.5 Å².